The minimum absolute atomic E-state index is 0.115. The summed E-state index contributed by atoms with van der Waals surface area (Å²) in [6, 6.07) is 7.09. The lowest BCUT2D eigenvalue weighted by molar-refractivity contribution is -0.907. The fourth-order valence-corrected chi connectivity index (χ4v) is 2.78. The van der Waals surface area contributed by atoms with Crippen molar-refractivity contribution in [2.24, 2.45) is 0 Å². The van der Waals surface area contributed by atoms with Gasteiger partial charge in [-0.25, -0.2) is 4.98 Å². The number of hydrogen-bond donors (Lipinski definition) is 2. The van der Waals surface area contributed by atoms with Crippen LogP contribution in [-0.4, -0.2) is 38.2 Å². The molecular weight excluding hydrogens is 354 g/mol. The van der Waals surface area contributed by atoms with Crippen molar-refractivity contribution in [3.8, 4) is 11.5 Å². The fourth-order valence-electron chi connectivity index (χ4n) is 2.61. The molecule has 0 radical (unpaired) electrons. The minimum atomic E-state index is -0.279. The number of carbonyl (C=O) groups excluding carboxylic acids is 1. The van der Waals surface area contributed by atoms with E-state index in [9.17, 15) is 4.79 Å². The van der Waals surface area contributed by atoms with Crippen molar-refractivity contribution in [3.05, 3.63) is 46.7 Å². The summed E-state index contributed by atoms with van der Waals surface area (Å²) in [4.78, 5) is 17.6. The number of nitrogens with zero attached hydrogens (tertiary/aromatic N) is 1. The van der Waals surface area contributed by atoms with Crippen molar-refractivity contribution in [2.75, 3.05) is 26.6 Å². The molecular formula is C19H25ClN3O3+. The van der Waals surface area contributed by atoms with Crippen LogP contribution in [0.15, 0.2) is 30.5 Å². The number of aryl methyl sites for hydroxylation is 1. The molecule has 0 bridgehead atoms. The summed E-state index contributed by atoms with van der Waals surface area (Å²) in [7, 11) is 5.21. The van der Waals surface area contributed by atoms with Crippen LogP contribution in [0.25, 0.3) is 0 Å². The highest BCUT2D eigenvalue weighted by atomic mass is 35.5. The van der Waals surface area contributed by atoms with Gasteiger partial charge in [-0.3, -0.25) is 4.79 Å². The molecule has 7 heteroatoms. The molecule has 1 aromatic carbocycles. The Morgan fingerprint density at radius 1 is 1.31 bits per heavy atom. The van der Waals surface area contributed by atoms with Crippen LogP contribution < -0.4 is 19.7 Å². The van der Waals surface area contributed by atoms with Crippen molar-refractivity contribution in [1.82, 2.24) is 4.98 Å². The normalized spacial score (nSPS) is 13.0. The zero-order chi connectivity index (χ0) is 19.3. The molecule has 0 saturated carbocycles. The number of halogens is 1. The van der Waals surface area contributed by atoms with E-state index in [1.165, 1.54) is 0 Å². The summed E-state index contributed by atoms with van der Waals surface area (Å²) in [6.07, 6.45) is 1.58. The van der Waals surface area contributed by atoms with Crippen molar-refractivity contribution in [1.29, 1.82) is 0 Å². The first-order valence-electron chi connectivity index (χ1n) is 8.32. The summed E-state index contributed by atoms with van der Waals surface area (Å²) in [5.41, 5.74) is 2.70. The zero-order valence-electron chi connectivity index (χ0n) is 15.7. The number of methoxy groups -OCH3 is 2. The Bertz CT molecular complexity index is 783. The lowest BCUT2D eigenvalue weighted by Gasteiger charge is -2.22. The van der Waals surface area contributed by atoms with E-state index >= 15 is 0 Å². The van der Waals surface area contributed by atoms with E-state index in [1.807, 2.05) is 33.0 Å². The number of quaternary nitrogens is 1. The molecule has 0 aliphatic rings. The third-order valence-electron chi connectivity index (χ3n) is 4.46. The van der Waals surface area contributed by atoms with Crippen LogP contribution in [0.1, 0.15) is 18.1 Å². The second kappa shape index (κ2) is 8.87. The molecule has 0 aliphatic heterocycles. The number of nitrogens with one attached hydrogen (secondary N) is 2. The topological polar surface area (TPSA) is 64.9 Å². The van der Waals surface area contributed by atoms with Gasteiger partial charge in [0.2, 0.25) is 0 Å². The zero-order valence-corrected chi connectivity index (χ0v) is 16.5. The molecule has 1 aromatic heterocycles. The lowest BCUT2D eigenvalue weighted by atomic mass is 10.1. The Kier molecular flexibility index (Phi) is 6.83. The van der Waals surface area contributed by atoms with E-state index in [-0.39, 0.29) is 17.1 Å². The lowest BCUT2D eigenvalue weighted by Crippen LogP contribution is -3.12. The molecule has 2 rings (SSSR count). The average Bonchev–Trinajstić information content (AvgIpc) is 2.63. The highest BCUT2D eigenvalue weighted by Crippen LogP contribution is 2.29. The van der Waals surface area contributed by atoms with Gasteiger partial charge < -0.3 is 19.7 Å². The van der Waals surface area contributed by atoms with Gasteiger partial charge in [-0.05, 0) is 43.7 Å². The SMILES string of the molecule is COc1cc(C)c(C[NH+](C)[C@@H](C)C(=O)Nc2cccnc2Cl)cc1OC. The molecule has 1 amide bonds. The van der Waals surface area contributed by atoms with Crippen molar-refractivity contribution >= 4 is 23.2 Å². The predicted octanol–water partition coefficient (Wildman–Crippen LogP) is 2.10. The van der Waals surface area contributed by atoms with Crippen LogP contribution in [0.4, 0.5) is 5.69 Å². The van der Waals surface area contributed by atoms with Crippen LogP contribution in [-0.2, 0) is 11.3 Å². The summed E-state index contributed by atoms with van der Waals surface area (Å²) in [6.45, 7) is 4.57. The predicted molar refractivity (Wildman–Crippen MR) is 102 cm³/mol. The Morgan fingerprint density at radius 2 is 1.96 bits per heavy atom. The molecule has 26 heavy (non-hydrogen) atoms. The number of ether oxygens (including phenoxy) is 2. The van der Waals surface area contributed by atoms with E-state index in [0.717, 1.165) is 16.0 Å². The maximum absolute atomic E-state index is 12.5. The Labute approximate surface area is 159 Å². The Morgan fingerprint density at radius 3 is 2.58 bits per heavy atom. The molecule has 2 N–H and O–H groups in total. The van der Waals surface area contributed by atoms with E-state index in [2.05, 4.69) is 10.3 Å². The number of hydrogen-bond acceptors (Lipinski definition) is 4. The first-order chi connectivity index (χ1) is 12.4. The molecule has 1 unspecified atom stereocenters. The largest absolute Gasteiger partial charge is 0.493 e. The number of aromatic nitrogens is 1. The monoisotopic (exact) mass is 378 g/mol. The molecule has 2 atom stereocenters. The number of benzene rings is 1. The Balaban J connectivity index is 2.10. The van der Waals surface area contributed by atoms with Gasteiger partial charge in [0.1, 0.15) is 6.54 Å². The Hall–Kier alpha value is -2.31. The number of pyridine rings is 1. The quantitative estimate of drug-likeness (QED) is 0.724. The van der Waals surface area contributed by atoms with Crippen molar-refractivity contribution in [2.45, 2.75) is 26.4 Å². The van der Waals surface area contributed by atoms with Crippen LogP contribution in [0.5, 0.6) is 11.5 Å². The molecule has 140 valence electrons. The highest BCUT2D eigenvalue weighted by molar-refractivity contribution is 6.32. The van der Waals surface area contributed by atoms with Gasteiger partial charge in [0.15, 0.2) is 22.7 Å². The van der Waals surface area contributed by atoms with Gasteiger partial charge in [0, 0.05) is 11.8 Å². The van der Waals surface area contributed by atoms with Gasteiger partial charge in [-0.15, -0.1) is 0 Å². The highest BCUT2D eigenvalue weighted by Gasteiger charge is 2.24. The van der Waals surface area contributed by atoms with Gasteiger partial charge in [0.25, 0.3) is 5.91 Å². The number of carbonyl (C=O) groups is 1. The van der Waals surface area contributed by atoms with E-state index in [4.69, 9.17) is 21.1 Å². The summed E-state index contributed by atoms with van der Waals surface area (Å²) >= 11 is 6.01. The summed E-state index contributed by atoms with van der Waals surface area (Å²) < 4.78 is 10.7. The van der Waals surface area contributed by atoms with E-state index in [1.54, 1.807) is 32.5 Å². The molecule has 0 spiro atoms. The second-order valence-corrected chi connectivity index (χ2v) is 6.57. The minimum Gasteiger partial charge on any atom is -0.493 e. The van der Waals surface area contributed by atoms with Crippen LogP contribution in [0.3, 0.4) is 0 Å². The first kappa shape index (κ1) is 20.0. The molecule has 6 nitrogen and oxygen atoms in total. The number of amides is 1. The number of rotatable bonds is 7. The first-order valence-corrected chi connectivity index (χ1v) is 8.70. The van der Waals surface area contributed by atoms with Gasteiger partial charge in [-0.2, -0.15) is 0 Å². The average molecular weight is 379 g/mol. The second-order valence-electron chi connectivity index (χ2n) is 6.21. The standard InChI is InChI=1S/C19H24ClN3O3/c1-12-9-16(25-4)17(26-5)10-14(12)11-23(3)13(2)19(24)22-15-7-6-8-21-18(15)20/h6-10,13H,11H2,1-5H3,(H,22,24)/p+1/t13-/m0/s1. The maximum atomic E-state index is 12.5. The van der Waals surface area contributed by atoms with Crippen LogP contribution >= 0.6 is 11.6 Å². The molecule has 1 heterocycles. The van der Waals surface area contributed by atoms with E-state index < -0.39 is 0 Å². The van der Waals surface area contributed by atoms with Crippen LogP contribution in [0, 0.1) is 6.92 Å². The van der Waals surface area contributed by atoms with Crippen molar-refractivity contribution in [3.63, 3.8) is 0 Å². The third kappa shape index (κ3) is 4.65. The van der Waals surface area contributed by atoms with Gasteiger partial charge in [-0.1, -0.05) is 11.6 Å². The molecule has 2 aromatic rings. The number of likely N-dealkylation sites (N-methyl/N-ethyl adjacent to an activating group) is 1. The molecule has 0 fully saturated rings. The maximum Gasteiger partial charge on any atom is 0.282 e. The van der Waals surface area contributed by atoms with E-state index in [0.29, 0.717) is 23.7 Å². The summed E-state index contributed by atoms with van der Waals surface area (Å²) in [5, 5.41) is 3.11. The van der Waals surface area contributed by atoms with Gasteiger partial charge in [0.05, 0.1) is 27.0 Å². The van der Waals surface area contributed by atoms with Crippen molar-refractivity contribution < 1.29 is 19.2 Å². The van der Waals surface area contributed by atoms with Crippen LogP contribution in [0.2, 0.25) is 5.15 Å². The third-order valence-corrected chi connectivity index (χ3v) is 4.76. The fraction of sp³-hybridized carbons (Fsp3) is 0.368. The molecule has 0 saturated heterocycles. The van der Waals surface area contributed by atoms with Gasteiger partial charge >= 0.3 is 0 Å². The number of anilines is 1. The molecule has 0 aliphatic carbocycles. The smallest absolute Gasteiger partial charge is 0.282 e. The summed E-state index contributed by atoms with van der Waals surface area (Å²) in [5.74, 6) is 1.26.